The highest BCUT2D eigenvalue weighted by Gasteiger charge is 2.44. The minimum absolute atomic E-state index is 0.0541. The molecule has 0 saturated heterocycles. The Labute approximate surface area is 209 Å². The van der Waals surface area contributed by atoms with Crippen LogP contribution in [0.2, 0.25) is 0 Å². The second kappa shape index (κ2) is 12.5. The molecule has 0 aliphatic heterocycles. The van der Waals surface area contributed by atoms with Crippen LogP contribution in [0, 0.1) is 13.8 Å². The van der Waals surface area contributed by atoms with Gasteiger partial charge in [0.2, 0.25) is 11.8 Å². The lowest BCUT2D eigenvalue weighted by molar-refractivity contribution is -0.142. The van der Waals surface area contributed by atoms with Crippen LogP contribution in [0.25, 0.3) is 0 Å². The number of unbranched alkanes of at least 4 members (excludes halogenated alkanes) is 2. The number of benzene rings is 1. The molecule has 1 aromatic rings. The molecular weight excluding hydrogens is 450 g/mol. The Morgan fingerprint density at radius 2 is 1.85 bits per heavy atom. The number of hydrogen-bond acceptors (Lipinski definition) is 5. The first-order chi connectivity index (χ1) is 16.0. The Balaban J connectivity index is 2.37. The fraction of sp³-hybridized carbons (Fsp3) is 0.654. The summed E-state index contributed by atoms with van der Waals surface area (Å²) >= 11 is 4.33. The number of hydrogen-bond donors (Lipinski definition) is 3. The van der Waals surface area contributed by atoms with Crippen LogP contribution in [0.5, 0.6) is 0 Å². The van der Waals surface area contributed by atoms with E-state index in [-0.39, 0.29) is 23.6 Å². The van der Waals surface area contributed by atoms with Gasteiger partial charge in [-0.05, 0) is 65.0 Å². The molecule has 0 aromatic heterocycles. The number of carbonyl (C=O) groups is 3. The summed E-state index contributed by atoms with van der Waals surface area (Å²) in [5, 5.41) is 5.70. The molecule has 3 amide bonds. The molecule has 2 rings (SSSR count). The maximum atomic E-state index is 13.8. The fourth-order valence-corrected chi connectivity index (χ4v) is 4.09. The second-order valence-corrected chi connectivity index (χ2v) is 10.5. The van der Waals surface area contributed by atoms with Crippen molar-refractivity contribution < 1.29 is 19.1 Å². The molecule has 0 heterocycles. The van der Waals surface area contributed by atoms with Crippen molar-refractivity contribution in [3.05, 3.63) is 34.9 Å². The van der Waals surface area contributed by atoms with Gasteiger partial charge in [-0.15, -0.1) is 0 Å². The first kappa shape index (κ1) is 28.0. The molecule has 2 atom stereocenters. The summed E-state index contributed by atoms with van der Waals surface area (Å²) in [6, 6.07) is 4.22. The molecule has 1 aromatic carbocycles. The van der Waals surface area contributed by atoms with Crippen molar-refractivity contribution in [2.75, 3.05) is 12.3 Å². The average molecular weight is 492 g/mol. The zero-order chi connectivity index (χ0) is 25.5. The van der Waals surface area contributed by atoms with Crippen molar-refractivity contribution in [1.82, 2.24) is 15.5 Å². The maximum Gasteiger partial charge on any atom is 0.408 e. The van der Waals surface area contributed by atoms with Crippen LogP contribution in [0.15, 0.2) is 18.2 Å². The van der Waals surface area contributed by atoms with Gasteiger partial charge in [-0.1, -0.05) is 43.5 Å². The summed E-state index contributed by atoms with van der Waals surface area (Å²) in [4.78, 5) is 41.4. The minimum Gasteiger partial charge on any atom is -0.444 e. The number of aryl methyl sites for hydroxylation is 2. The molecule has 0 radical (unpaired) electrons. The lowest BCUT2D eigenvalue weighted by atomic mass is 9.96. The smallest absolute Gasteiger partial charge is 0.408 e. The zero-order valence-corrected chi connectivity index (χ0v) is 22.3. The number of rotatable bonds is 11. The molecule has 2 unspecified atom stereocenters. The van der Waals surface area contributed by atoms with Crippen molar-refractivity contribution in [3.63, 3.8) is 0 Å². The van der Waals surface area contributed by atoms with Crippen molar-refractivity contribution in [2.45, 2.75) is 97.4 Å². The molecule has 34 heavy (non-hydrogen) atoms. The van der Waals surface area contributed by atoms with Crippen LogP contribution in [0.4, 0.5) is 4.79 Å². The summed E-state index contributed by atoms with van der Waals surface area (Å²) in [5.74, 6) is -0.419. The van der Waals surface area contributed by atoms with Gasteiger partial charge in [0, 0.05) is 18.3 Å². The first-order valence-electron chi connectivity index (χ1n) is 12.3. The molecule has 190 valence electrons. The number of thiol groups is 1. The summed E-state index contributed by atoms with van der Waals surface area (Å²) in [6.07, 6.45) is 3.94. The van der Waals surface area contributed by atoms with Gasteiger partial charge in [-0.2, -0.15) is 12.6 Å². The van der Waals surface area contributed by atoms with Crippen molar-refractivity contribution in [1.29, 1.82) is 0 Å². The fourth-order valence-electron chi connectivity index (χ4n) is 3.84. The molecule has 1 saturated carbocycles. The SMILES string of the molecule is CCCCCNC(=O)C(c1cc(C)ccc1C)N(C(=O)C(CS)NC(=O)OC(C)(C)C)C1CC1. The van der Waals surface area contributed by atoms with Crippen LogP contribution < -0.4 is 10.6 Å². The Kier molecular flexibility index (Phi) is 10.3. The lowest BCUT2D eigenvalue weighted by Crippen LogP contribution is -2.54. The zero-order valence-electron chi connectivity index (χ0n) is 21.4. The summed E-state index contributed by atoms with van der Waals surface area (Å²) < 4.78 is 5.35. The van der Waals surface area contributed by atoms with E-state index in [0.29, 0.717) is 6.54 Å². The van der Waals surface area contributed by atoms with Gasteiger partial charge >= 0.3 is 6.09 Å². The maximum absolute atomic E-state index is 13.8. The summed E-state index contributed by atoms with van der Waals surface area (Å²) in [6.45, 7) is 11.9. The summed E-state index contributed by atoms with van der Waals surface area (Å²) in [5.41, 5.74) is 2.08. The highest BCUT2D eigenvalue weighted by atomic mass is 32.1. The Hall–Kier alpha value is -2.22. The molecule has 1 fully saturated rings. The monoisotopic (exact) mass is 491 g/mol. The number of nitrogens with one attached hydrogen (secondary N) is 2. The number of alkyl carbamates (subject to hydrolysis) is 1. The molecule has 0 bridgehead atoms. The van der Waals surface area contributed by atoms with Gasteiger partial charge in [0.15, 0.2) is 0 Å². The van der Waals surface area contributed by atoms with Crippen LogP contribution in [0.3, 0.4) is 0 Å². The molecule has 8 heteroatoms. The van der Waals surface area contributed by atoms with Crippen molar-refractivity contribution in [3.8, 4) is 0 Å². The van der Waals surface area contributed by atoms with Gasteiger partial charge in [-0.3, -0.25) is 9.59 Å². The number of amides is 3. The first-order valence-corrected chi connectivity index (χ1v) is 12.9. The van der Waals surface area contributed by atoms with E-state index in [4.69, 9.17) is 4.74 Å². The van der Waals surface area contributed by atoms with Gasteiger partial charge < -0.3 is 20.3 Å². The van der Waals surface area contributed by atoms with Crippen LogP contribution in [0.1, 0.15) is 82.5 Å². The van der Waals surface area contributed by atoms with E-state index in [0.717, 1.165) is 48.8 Å². The van der Waals surface area contributed by atoms with Gasteiger partial charge in [-0.25, -0.2) is 4.79 Å². The molecule has 2 N–H and O–H groups in total. The largest absolute Gasteiger partial charge is 0.444 e. The average Bonchev–Trinajstić information content (AvgIpc) is 3.58. The predicted molar refractivity (Wildman–Crippen MR) is 138 cm³/mol. The van der Waals surface area contributed by atoms with E-state index in [1.165, 1.54) is 0 Å². The summed E-state index contributed by atoms with van der Waals surface area (Å²) in [7, 11) is 0. The molecule has 7 nitrogen and oxygen atoms in total. The Morgan fingerprint density at radius 1 is 1.18 bits per heavy atom. The molecule has 0 spiro atoms. The van der Waals surface area contributed by atoms with Gasteiger partial charge in [0.1, 0.15) is 17.7 Å². The van der Waals surface area contributed by atoms with Crippen LogP contribution >= 0.6 is 12.6 Å². The number of nitrogens with zero attached hydrogens (tertiary/aromatic N) is 1. The van der Waals surface area contributed by atoms with E-state index in [1.807, 2.05) is 32.0 Å². The minimum atomic E-state index is -0.903. The Bertz CT molecular complexity index is 864. The molecular formula is C26H41N3O4S. The topological polar surface area (TPSA) is 87.7 Å². The predicted octanol–water partition coefficient (Wildman–Crippen LogP) is 4.47. The second-order valence-electron chi connectivity index (χ2n) is 10.1. The van der Waals surface area contributed by atoms with E-state index in [2.05, 4.69) is 30.2 Å². The van der Waals surface area contributed by atoms with E-state index < -0.39 is 23.8 Å². The van der Waals surface area contributed by atoms with Crippen molar-refractivity contribution >= 4 is 30.5 Å². The lowest BCUT2D eigenvalue weighted by Gasteiger charge is -2.35. The highest BCUT2D eigenvalue weighted by Crippen LogP contribution is 2.37. The van der Waals surface area contributed by atoms with Gasteiger partial charge in [0.25, 0.3) is 0 Å². The quantitative estimate of drug-likeness (QED) is 0.315. The van der Waals surface area contributed by atoms with Crippen molar-refractivity contribution in [2.24, 2.45) is 0 Å². The third kappa shape index (κ3) is 8.22. The van der Waals surface area contributed by atoms with Crippen LogP contribution in [-0.4, -0.2) is 52.8 Å². The number of carbonyl (C=O) groups excluding carboxylic acids is 3. The normalized spacial score (nSPS) is 15.3. The van der Waals surface area contributed by atoms with E-state index >= 15 is 0 Å². The number of ether oxygens (including phenoxy) is 1. The van der Waals surface area contributed by atoms with Crippen LogP contribution in [-0.2, 0) is 14.3 Å². The highest BCUT2D eigenvalue weighted by molar-refractivity contribution is 7.80. The molecule has 1 aliphatic rings. The Morgan fingerprint density at radius 3 is 2.41 bits per heavy atom. The third-order valence-corrected chi connectivity index (χ3v) is 6.07. The van der Waals surface area contributed by atoms with E-state index in [1.54, 1.807) is 25.7 Å². The third-order valence-electron chi connectivity index (χ3n) is 5.70. The van der Waals surface area contributed by atoms with E-state index in [9.17, 15) is 14.4 Å². The molecule has 1 aliphatic carbocycles. The van der Waals surface area contributed by atoms with Gasteiger partial charge in [0.05, 0.1) is 0 Å². The standard InChI is InChI=1S/C26H41N3O4S/c1-7-8-9-14-27-23(30)22(20-15-17(2)10-11-18(20)3)29(19-12-13-19)24(31)21(16-34)28-25(32)33-26(4,5)6/h10-11,15,19,21-22,34H,7-9,12-14,16H2,1-6H3,(H,27,30)(H,28,32).